The fourth-order valence-corrected chi connectivity index (χ4v) is 9.59. The Morgan fingerprint density at radius 2 is 2.00 bits per heavy atom. The Morgan fingerprint density at radius 1 is 1.18 bits per heavy atom. The van der Waals surface area contributed by atoms with E-state index in [1.807, 2.05) is 32.2 Å². The number of likely N-dealkylation sites (N-methyl/N-ethyl adjacent to an activating group) is 1. The van der Waals surface area contributed by atoms with Crippen molar-refractivity contribution in [1.29, 1.82) is 0 Å². The second-order valence-electron chi connectivity index (χ2n) is 13.7. The molecule has 244 valence electrons. The van der Waals surface area contributed by atoms with E-state index in [4.69, 9.17) is 21.1 Å². The number of amides is 1. The maximum absolute atomic E-state index is 13.5. The number of carbonyl (C=O) groups excluding carboxylic acids is 1. The van der Waals surface area contributed by atoms with Crippen molar-refractivity contribution in [3.05, 3.63) is 70.3 Å². The molecule has 1 saturated carbocycles. The molecule has 2 aromatic rings. The molecule has 45 heavy (non-hydrogen) atoms. The zero-order valence-electron chi connectivity index (χ0n) is 26.8. The number of nitrogens with zero attached hydrogens (tertiary/aromatic N) is 1. The lowest BCUT2D eigenvalue weighted by molar-refractivity contribution is -0.0723. The molecule has 0 saturated heterocycles. The normalized spacial score (nSPS) is 33.5. The van der Waals surface area contributed by atoms with Gasteiger partial charge in [-0.1, -0.05) is 36.7 Å². The lowest BCUT2D eigenvalue weighted by Crippen LogP contribution is -2.56. The van der Waals surface area contributed by atoms with Crippen molar-refractivity contribution in [1.82, 2.24) is 10.0 Å². The Hall–Kier alpha value is -2.59. The third-order valence-corrected chi connectivity index (χ3v) is 13.2. The third-order valence-electron chi connectivity index (χ3n) is 11.1. The molecule has 1 amide bonds. The number of rotatable bonds is 3. The van der Waals surface area contributed by atoms with Crippen molar-refractivity contribution in [3.63, 3.8) is 0 Å². The second-order valence-corrected chi connectivity index (χ2v) is 16.2. The maximum atomic E-state index is 13.5. The molecule has 4 aliphatic rings. The summed E-state index contributed by atoms with van der Waals surface area (Å²) in [6, 6.07) is 11.5. The molecule has 10 heteroatoms. The SMILES string of the molecule is CNC[C@@]1(OC)/C=C\C[C@H](C)[C@@H](C)S(=O)(=O)NC(=O)c2ccc3c(c2)N(C[C@@H]2CC[C@H]21)C[C@@]1(CCCc2cc(Cl)ccc21)CO3. The van der Waals surface area contributed by atoms with Crippen LogP contribution in [0.2, 0.25) is 5.02 Å². The molecule has 0 aromatic heterocycles. The monoisotopic (exact) mass is 655 g/mol. The number of benzene rings is 2. The van der Waals surface area contributed by atoms with Crippen LogP contribution in [0, 0.1) is 17.8 Å². The summed E-state index contributed by atoms with van der Waals surface area (Å²) in [6.45, 7) is 6.23. The van der Waals surface area contributed by atoms with Gasteiger partial charge >= 0.3 is 0 Å². The van der Waals surface area contributed by atoms with Crippen LogP contribution in [0.4, 0.5) is 5.69 Å². The van der Waals surface area contributed by atoms with Crippen molar-refractivity contribution in [3.8, 4) is 5.75 Å². The number of hydrogen-bond acceptors (Lipinski definition) is 7. The molecular weight excluding hydrogens is 610 g/mol. The predicted octanol–water partition coefficient (Wildman–Crippen LogP) is 5.49. The van der Waals surface area contributed by atoms with Crippen molar-refractivity contribution in [2.45, 2.75) is 68.6 Å². The van der Waals surface area contributed by atoms with Crippen molar-refractivity contribution in [2.24, 2.45) is 17.8 Å². The Kier molecular flexibility index (Phi) is 9.02. The average Bonchev–Trinajstić information content (AvgIpc) is 3.15. The highest BCUT2D eigenvalue weighted by molar-refractivity contribution is 7.90. The zero-order valence-corrected chi connectivity index (χ0v) is 28.3. The summed E-state index contributed by atoms with van der Waals surface area (Å²) in [7, 11) is -0.197. The molecule has 0 unspecified atom stereocenters. The van der Waals surface area contributed by atoms with E-state index in [-0.39, 0.29) is 17.3 Å². The standard InChI is InChI=1S/C35H46ClN3O5S/c1-23-7-5-16-35(43-4,20-37-3)30-12-9-27(30)19-39-21-34(15-6-8-25-17-28(36)11-13-29(25)34)22-44-32-14-10-26(18-31(32)39)33(40)38-45(41,42)24(23)2/h5,10-11,13-14,16-18,23-24,27,30,37H,6-9,12,15,19-22H2,1-4H3,(H,38,40)/b16-5-/t23-,24+,27-,30+,34-,35-/m0/s1. The molecule has 6 rings (SSSR count). The van der Waals surface area contributed by atoms with Crippen LogP contribution in [0.5, 0.6) is 5.75 Å². The molecule has 0 radical (unpaired) electrons. The van der Waals surface area contributed by atoms with E-state index in [0.29, 0.717) is 36.8 Å². The number of hydrogen-bond donors (Lipinski definition) is 2. The molecule has 2 heterocycles. The molecular formula is C35H46ClN3O5S. The summed E-state index contributed by atoms with van der Waals surface area (Å²) >= 11 is 6.44. The van der Waals surface area contributed by atoms with Gasteiger partial charge in [-0.15, -0.1) is 0 Å². The predicted molar refractivity (Wildman–Crippen MR) is 179 cm³/mol. The van der Waals surface area contributed by atoms with Gasteiger partial charge in [0.05, 0.1) is 17.5 Å². The van der Waals surface area contributed by atoms with Crippen LogP contribution in [-0.4, -0.2) is 65.6 Å². The number of nitrogens with one attached hydrogen (secondary N) is 2. The molecule has 2 aliphatic carbocycles. The fourth-order valence-electron chi connectivity index (χ4n) is 8.11. The van der Waals surface area contributed by atoms with Crippen molar-refractivity contribution in [2.75, 3.05) is 45.3 Å². The van der Waals surface area contributed by atoms with Gasteiger partial charge in [-0.2, -0.15) is 0 Å². The number of halogens is 1. The third kappa shape index (κ3) is 6.01. The lowest BCUT2D eigenvalue weighted by atomic mass is 9.63. The smallest absolute Gasteiger partial charge is 0.264 e. The Bertz CT molecular complexity index is 1580. The number of anilines is 1. The molecule has 1 spiro atoms. The number of ether oxygens (including phenoxy) is 2. The van der Waals surface area contributed by atoms with Crippen LogP contribution in [-0.2, 0) is 26.6 Å². The summed E-state index contributed by atoms with van der Waals surface area (Å²) in [5.41, 5.74) is 2.90. The van der Waals surface area contributed by atoms with Crippen molar-refractivity contribution < 1.29 is 22.7 Å². The van der Waals surface area contributed by atoms with Gasteiger partial charge in [0.15, 0.2) is 0 Å². The minimum atomic E-state index is -3.92. The number of allylic oxidation sites excluding steroid dienone is 1. The van der Waals surface area contributed by atoms with E-state index in [1.54, 1.807) is 20.1 Å². The number of fused-ring (bicyclic) bond motifs is 4. The summed E-state index contributed by atoms with van der Waals surface area (Å²) in [5.74, 6) is 0.495. The van der Waals surface area contributed by atoms with E-state index in [1.165, 1.54) is 11.1 Å². The maximum Gasteiger partial charge on any atom is 0.264 e. The average molecular weight is 656 g/mol. The summed E-state index contributed by atoms with van der Waals surface area (Å²) < 4.78 is 42.0. The van der Waals surface area contributed by atoms with Crippen LogP contribution >= 0.6 is 11.6 Å². The first-order valence-corrected chi connectivity index (χ1v) is 18.2. The highest BCUT2D eigenvalue weighted by atomic mass is 35.5. The molecule has 2 aliphatic heterocycles. The zero-order chi connectivity index (χ0) is 32.0. The van der Waals surface area contributed by atoms with E-state index in [9.17, 15) is 13.2 Å². The van der Waals surface area contributed by atoms with Crippen LogP contribution in [0.15, 0.2) is 48.6 Å². The van der Waals surface area contributed by atoms with E-state index in [2.05, 4.69) is 39.2 Å². The molecule has 6 atom stereocenters. The van der Waals surface area contributed by atoms with Gasteiger partial charge in [0.25, 0.3) is 5.91 Å². The van der Waals surface area contributed by atoms with Gasteiger partial charge in [0.2, 0.25) is 10.0 Å². The first-order valence-electron chi connectivity index (χ1n) is 16.2. The van der Waals surface area contributed by atoms with Crippen molar-refractivity contribution >= 4 is 33.2 Å². The molecule has 2 N–H and O–H groups in total. The minimum absolute atomic E-state index is 0.207. The minimum Gasteiger partial charge on any atom is -0.490 e. The highest BCUT2D eigenvalue weighted by Gasteiger charge is 2.49. The van der Waals surface area contributed by atoms with Crippen LogP contribution in [0.3, 0.4) is 0 Å². The largest absolute Gasteiger partial charge is 0.490 e. The highest BCUT2D eigenvalue weighted by Crippen LogP contribution is 2.49. The Balaban J connectivity index is 1.46. The van der Waals surface area contributed by atoms with Gasteiger partial charge in [-0.05, 0) is 112 Å². The van der Waals surface area contributed by atoms with Gasteiger partial charge in [-0.25, -0.2) is 13.1 Å². The van der Waals surface area contributed by atoms with E-state index in [0.717, 1.165) is 55.9 Å². The number of methoxy groups -OCH3 is 1. The van der Waals surface area contributed by atoms with Gasteiger partial charge in [0.1, 0.15) is 11.4 Å². The van der Waals surface area contributed by atoms with Gasteiger partial charge in [-0.3, -0.25) is 4.79 Å². The quantitative estimate of drug-likeness (QED) is 0.423. The lowest BCUT2D eigenvalue weighted by Gasteiger charge is -2.50. The van der Waals surface area contributed by atoms with E-state index < -0.39 is 26.8 Å². The van der Waals surface area contributed by atoms with Gasteiger partial charge < -0.3 is 19.7 Å². The molecule has 2 aromatic carbocycles. The topological polar surface area (TPSA) is 97.0 Å². The Morgan fingerprint density at radius 3 is 2.73 bits per heavy atom. The Labute approximate surface area is 272 Å². The van der Waals surface area contributed by atoms with Crippen LogP contribution in [0.25, 0.3) is 0 Å². The number of carbonyl (C=O) groups is 1. The molecule has 1 fully saturated rings. The van der Waals surface area contributed by atoms with E-state index >= 15 is 0 Å². The summed E-state index contributed by atoms with van der Waals surface area (Å²) in [5, 5.41) is 3.34. The molecule has 2 bridgehead atoms. The summed E-state index contributed by atoms with van der Waals surface area (Å²) in [6.07, 6.45) is 9.89. The summed E-state index contributed by atoms with van der Waals surface area (Å²) in [4.78, 5) is 15.9. The number of aryl methyl sites for hydroxylation is 1. The van der Waals surface area contributed by atoms with Crippen LogP contribution in [0.1, 0.15) is 67.4 Å². The first-order chi connectivity index (χ1) is 21.5. The van der Waals surface area contributed by atoms with Gasteiger partial charge in [0, 0.05) is 42.7 Å². The second kappa shape index (κ2) is 12.5. The fraction of sp³-hybridized carbons (Fsp3) is 0.571. The first kappa shape index (κ1) is 32.4. The number of sulfonamides is 1. The molecule has 8 nitrogen and oxygen atoms in total. The van der Waals surface area contributed by atoms with Crippen LogP contribution < -0.4 is 19.7 Å².